The molecule has 0 unspecified atom stereocenters. The summed E-state index contributed by atoms with van der Waals surface area (Å²) < 4.78 is 12.0. The van der Waals surface area contributed by atoms with Crippen LogP contribution in [0, 0.1) is 0 Å². The number of thioether (sulfide) groups is 2. The molecule has 1 N–H and O–H groups in total. The molecule has 33 heavy (non-hydrogen) atoms. The number of halogens is 1. The zero-order chi connectivity index (χ0) is 22.9. The lowest BCUT2D eigenvalue weighted by Crippen LogP contribution is -2.24. The summed E-state index contributed by atoms with van der Waals surface area (Å²) in [7, 11) is 0. The highest BCUT2D eigenvalue weighted by molar-refractivity contribution is 8.19. The number of ether oxygens (including phenoxy) is 2. The molecular formula is C25H23ClN2O3S2. The quantitative estimate of drug-likeness (QED) is 0.293. The minimum atomic E-state index is -0.341. The number of hydrazone groups is 1. The summed E-state index contributed by atoms with van der Waals surface area (Å²) in [5.74, 6) is 3.33. The number of nitrogens with one attached hydrogen (secondary N) is 1. The standard InChI is InChI=1S/C25H23ClN2O3S2/c26-22-7-3-1-6-20(22)16-31-23-8-4-2-5-19(23)15-27-28-24(29)17-30-21-11-9-18(10-12-21)25-32-13-14-33-25/h1-12,15,25H,13-14,16-17H2,(H,28,29)/b27-15-. The minimum absolute atomic E-state index is 0.117. The van der Waals surface area contributed by atoms with E-state index in [2.05, 4.69) is 22.7 Å². The van der Waals surface area contributed by atoms with E-state index in [0.717, 1.165) is 11.1 Å². The van der Waals surface area contributed by atoms with Crippen molar-refractivity contribution in [2.45, 2.75) is 11.2 Å². The number of carbonyl (C=O) groups excluding carboxylic acids is 1. The van der Waals surface area contributed by atoms with Gasteiger partial charge in [0.25, 0.3) is 5.91 Å². The van der Waals surface area contributed by atoms with Gasteiger partial charge in [0.05, 0.1) is 10.8 Å². The average Bonchev–Trinajstić information content (AvgIpc) is 3.38. The topological polar surface area (TPSA) is 59.9 Å². The smallest absolute Gasteiger partial charge is 0.277 e. The van der Waals surface area contributed by atoms with E-state index in [-0.39, 0.29) is 12.5 Å². The van der Waals surface area contributed by atoms with Crippen molar-refractivity contribution in [2.75, 3.05) is 18.1 Å². The van der Waals surface area contributed by atoms with Gasteiger partial charge in [-0.25, -0.2) is 5.43 Å². The SMILES string of the molecule is O=C(COc1ccc(C2SCCS2)cc1)N/N=C\c1ccccc1OCc1ccccc1Cl. The third kappa shape index (κ3) is 6.93. The summed E-state index contributed by atoms with van der Waals surface area (Å²) in [6, 6.07) is 22.9. The number of amides is 1. The number of hydrogen-bond acceptors (Lipinski definition) is 6. The van der Waals surface area contributed by atoms with Gasteiger partial charge in [-0.15, -0.1) is 23.5 Å². The number of rotatable bonds is 9. The maximum absolute atomic E-state index is 12.1. The molecule has 0 radical (unpaired) electrons. The van der Waals surface area contributed by atoms with E-state index >= 15 is 0 Å². The Hall–Kier alpha value is -2.61. The second-order valence-electron chi connectivity index (χ2n) is 7.14. The molecule has 1 saturated heterocycles. The van der Waals surface area contributed by atoms with Gasteiger partial charge >= 0.3 is 0 Å². The van der Waals surface area contributed by atoms with Crippen molar-refractivity contribution >= 4 is 47.2 Å². The second kappa shape index (κ2) is 12.0. The zero-order valence-corrected chi connectivity index (χ0v) is 20.2. The van der Waals surface area contributed by atoms with Crippen molar-refractivity contribution in [3.05, 3.63) is 94.5 Å². The first-order chi connectivity index (χ1) is 16.2. The molecule has 8 heteroatoms. The predicted octanol–water partition coefficient (Wildman–Crippen LogP) is 5.93. The van der Waals surface area contributed by atoms with Gasteiger partial charge < -0.3 is 9.47 Å². The summed E-state index contributed by atoms with van der Waals surface area (Å²) in [6.07, 6.45) is 1.55. The molecule has 1 fully saturated rings. The van der Waals surface area contributed by atoms with Gasteiger partial charge in [0.1, 0.15) is 18.1 Å². The van der Waals surface area contributed by atoms with Crippen molar-refractivity contribution < 1.29 is 14.3 Å². The molecule has 0 spiro atoms. The van der Waals surface area contributed by atoms with Gasteiger partial charge in [0, 0.05) is 27.7 Å². The largest absolute Gasteiger partial charge is 0.488 e. The fourth-order valence-corrected chi connectivity index (χ4v) is 6.17. The molecule has 0 saturated carbocycles. The highest BCUT2D eigenvalue weighted by atomic mass is 35.5. The molecule has 1 aliphatic rings. The molecule has 0 atom stereocenters. The molecule has 4 rings (SSSR count). The third-order valence-corrected chi connectivity index (χ3v) is 8.27. The van der Waals surface area contributed by atoms with Crippen LogP contribution in [0.2, 0.25) is 5.02 Å². The van der Waals surface area contributed by atoms with Crippen molar-refractivity contribution in [3.63, 3.8) is 0 Å². The molecular weight excluding hydrogens is 476 g/mol. The van der Waals surface area contributed by atoms with Gasteiger partial charge in [-0.2, -0.15) is 5.10 Å². The van der Waals surface area contributed by atoms with Gasteiger partial charge in [0.15, 0.2) is 6.61 Å². The first-order valence-corrected chi connectivity index (χ1v) is 12.9. The minimum Gasteiger partial charge on any atom is -0.488 e. The van der Waals surface area contributed by atoms with E-state index in [0.29, 0.717) is 27.7 Å². The van der Waals surface area contributed by atoms with Crippen LogP contribution in [0.15, 0.2) is 77.9 Å². The Labute approximate surface area is 206 Å². The van der Waals surface area contributed by atoms with Gasteiger partial charge in [-0.3, -0.25) is 4.79 Å². The lowest BCUT2D eigenvalue weighted by atomic mass is 10.2. The summed E-state index contributed by atoms with van der Waals surface area (Å²) in [5, 5.41) is 4.69. The Bertz CT molecular complexity index is 1100. The van der Waals surface area contributed by atoms with E-state index < -0.39 is 0 Å². The third-order valence-electron chi connectivity index (χ3n) is 4.80. The van der Waals surface area contributed by atoms with E-state index in [9.17, 15) is 4.79 Å². The predicted molar refractivity (Wildman–Crippen MR) is 138 cm³/mol. The normalized spacial score (nSPS) is 13.8. The number of para-hydroxylation sites is 1. The van der Waals surface area contributed by atoms with Crippen LogP contribution in [0.5, 0.6) is 11.5 Å². The van der Waals surface area contributed by atoms with Crippen LogP contribution in [0.3, 0.4) is 0 Å². The number of hydrogen-bond donors (Lipinski definition) is 1. The van der Waals surface area contributed by atoms with E-state index in [4.69, 9.17) is 21.1 Å². The first kappa shape index (κ1) is 23.5. The van der Waals surface area contributed by atoms with E-state index in [1.807, 2.05) is 84.2 Å². The Balaban J connectivity index is 1.26. The molecule has 0 bridgehead atoms. The van der Waals surface area contributed by atoms with Crippen LogP contribution in [-0.4, -0.2) is 30.2 Å². The van der Waals surface area contributed by atoms with Crippen LogP contribution < -0.4 is 14.9 Å². The highest BCUT2D eigenvalue weighted by Crippen LogP contribution is 2.45. The van der Waals surface area contributed by atoms with Crippen molar-refractivity contribution in [1.82, 2.24) is 5.43 Å². The zero-order valence-electron chi connectivity index (χ0n) is 17.8. The number of nitrogens with zero attached hydrogens (tertiary/aromatic N) is 1. The summed E-state index contributed by atoms with van der Waals surface area (Å²) in [4.78, 5) is 12.1. The molecule has 0 aromatic heterocycles. The highest BCUT2D eigenvalue weighted by Gasteiger charge is 2.18. The van der Waals surface area contributed by atoms with Crippen LogP contribution in [0.1, 0.15) is 21.3 Å². The molecule has 5 nitrogen and oxygen atoms in total. The van der Waals surface area contributed by atoms with Crippen LogP contribution >= 0.6 is 35.1 Å². The number of carbonyl (C=O) groups is 1. The fraction of sp³-hybridized carbons (Fsp3) is 0.200. The average molecular weight is 499 g/mol. The summed E-state index contributed by atoms with van der Waals surface area (Å²) in [6.45, 7) is 0.218. The molecule has 170 valence electrons. The van der Waals surface area contributed by atoms with Crippen molar-refractivity contribution in [2.24, 2.45) is 5.10 Å². The molecule has 3 aromatic carbocycles. The Morgan fingerprint density at radius 1 is 1.00 bits per heavy atom. The van der Waals surface area contributed by atoms with Crippen molar-refractivity contribution in [1.29, 1.82) is 0 Å². The van der Waals surface area contributed by atoms with E-state index in [1.54, 1.807) is 6.21 Å². The Morgan fingerprint density at radius 3 is 2.52 bits per heavy atom. The Kier molecular flexibility index (Phi) is 8.58. The van der Waals surface area contributed by atoms with Gasteiger partial charge in [0.2, 0.25) is 0 Å². The summed E-state index contributed by atoms with van der Waals surface area (Å²) in [5.41, 5.74) is 5.40. The van der Waals surface area contributed by atoms with Crippen molar-refractivity contribution in [3.8, 4) is 11.5 Å². The van der Waals surface area contributed by atoms with Crippen LogP contribution in [0.25, 0.3) is 0 Å². The van der Waals surface area contributed by atoms with Gasteiger partial charge in [-0.1, -0.05) is 54.1 Å². The maximum atomic E-state index is 12.1. The second-order valence-corrected chi connectivity index (χ2v) is 10.3. The fourth-order valence-electron chi connectivity index (χ4n) is 3.12. The number of benzene rings is 3. The van der Waals surface area contributed by atoms with E-state index in [1.165, 1.54) is 17.1 Å². The lowest BCUT2D eigenvalue weighted by molar-refractivity contribution is -0.123. The maximum Gasteiger partial charge on any atom is 0.277 e. The summed E-state index contributed by atoms with van der Waals surface area (Å²) >= 11 is 10.1. The lowest BCUT2D eigenvalue weighted by Gasteiger charge is -2.10. The van der Waals surface area contributed by atoms with Gasteiger partial charge in [-0.05, 0) is 35.9 Å². The molecule has 1 amide bonds. The Morgan fingerprint density at radius 2 is 1.73 bits per heavy atom. The first-order valence-electron chi connectivity index (χ1n) is 10.4. The molecule has 0 aliphatic carbocycles. The molecule has 3 aromatic rings. The molecule has 1 aliphatic heterocycles. The monoisotopic (exact) mass is 498 g/mol. The van der Waals surface area contributed by atoms with Crippen LogP contribution in [-0.2, 0) is 11.4 Å². The van der Waals surface area contributed by atoms with Crippen LogP contribution in [0.4, 0.5) is 0 Å². The molecule has 1 heterocycles.